The number of ether oxygens (including phenoxy) is 2. The Morgan fingerprint density at radius 3 is 2.50 bits per heavy atom. The van der Waals surface area contributed by atoms with E-state index >= 15 is 0 Å². The van der Waals surface area contributed by atoms with Crippen LogP contribution in [0.5, 0.6) is 11.5 Å². The zero-order chi connectivity index (χ0) is 22.7. The van der Waals surface area contributed by atoms with Crippen LogP contribution in [0.15, 0.2) is 71.6 Å². The molecule has 4 rings (SSSR count). The van der Waals surface area contributed by atoms with E-state index in [-0.39, 0.29) is 18.2 Å². The van der Waals surface area contributed by atoms with E-state index < -0.39 is 22.5 Å². The van der Waals surface area contributed by atoms with Crippen molar-refractivity contribution in [3.8, 4) is 11.5 Å². The van der Waals surface area contributed by atoms with E-state index in [2.05, 4.69) is 5.32 Å². The molecule has 0 aromatic heterocycles. The standard InChI is InChI=1S/C23H21ClN2O5S/c1-16-6-9-19(10-7-16)32(28,29)26(13-17-4-2-3-5-20(17)24)14-23(27)25-18-8-11-21-22(12-18)31-15-30-21/h2-12H,13-15H2,1H3,(H,25,27). The molecule has 1 heterocycles. The predicted octanol–water partition coefficient (Wildman–Crippen LogP) is 4.21. The monoisotopic (exact) mass is 472 g/mol. The van der Waals surface area contributed by atoms with Crippen LogP contribution in [0.1, 0.15) is 11.1 Å². The van der Waals surface area contributed by atoms with Gasteiger partial charge in [-0.2, -0.15) is 4.31 Å². The van der Waals surface area contributed by atoms with E-state index in [4.69, 9.17) is 21.1 Å². The Bertz CT molecular complexity index is 1250. The normalized spacial score (nSPS) is 12.7. The highest BCUT2D eigenvalue weighted by Crippen LogP contribution is 2.34. The van der Waals surface area contributed by atoms with Gasteiger partial charge in [-0.05, 0) is 42.8 Å². The number of nitrogens with one attached hydrogen (secondary N) is 1. The minimum atomic E-state index is -3.96. The third-order valence-corrected chi connectivity index (χ3v) is 7.11. The maximum absolute atomic E-state index is 13.4. The number of benzene rings is 3. The molecule has 9 heteroatoms. The fourth-order valence-corrected chi connectivity index (χ4v) is 4.81. The van der Waals surface area contributed by atoms with Crippen LogP contribution in [-0.2, 0) is 21.4 Å². The molecule has 0 bridgehead atoms. The first-order chi connectivity index (χ1) is 15.3. The van der Waals surface area contributed by atoms with Gasteiger partial charge in [0.05, 0.1) is 11.4 Å². The molecule has 0 saturated carbocycles. The van der Waals surface area contributed by atoms with E-state index in [1.807, 2.05) is 6.92 Å². The van der Waals surface area contributed by atoms with Crippen LogP contribution >= 0.6 is 11.6 Å². The Kier molecular flexibility index (Phi) is 6.36. The molecule has 166 valence electrons. The molecule has 1 N–H and O–H groups in total. The molecule has 1 aliphatic heterocycles. The lowest BCUT2D eigenvalue weighted by Gasteiger charge is -2.22. The number of halogens is 1. The number of nitrogens with zero attached hydrogens (tertiary/aromatic N) is 1. The first-order valence-corrected chi connectivity index (χ1v) is 11.6. The van der Waals surface area contributed by atoms with Crippen LogP contribution in [0, 0.1) is 6.92 Å². The Labute approximate surface area is 191 Å². The number of amides is 1. The number of carbonyl (C=O) groups excluding carboxylic acids is 1. The molecule has 0 spiro atoms. The lowest BCUT2D eigenvalue weighted by atomic mass is 10.2. The van der Waals surface area contributed by atoms with Crippen molar-refractivity contribution >= 4 is 33.2 Å². The average Bonchev–Trinajstić information content (AvgIpc) is 3.23. The highest BCUT2D eigenvalue weighted by Gasteiger charge is 2.28. The summed E-state index contributed by atoms with van der Waals surface area (Å²) in [7, 11) is -3.96. The average molecular weight is 473 g/mol. The predicted molar refractivity (Wildman–Crippen MR) is 121 cm³/mol. The van der Waals surface area contributed by atoms with E-state index in [0.717, 1.165) is 9.87 Å². The zero-order valence-corrected chi connectivity index (χ0v) is 18.8. The number of aryl methyl sites for hydroxylation is 1. The van der Waals surface area contributed by atoms with Gasteiger partial charge < -0.3 is 14.8 Å². The number of anilines is 1. The number of rotatable bonds is 7. The Morgan fingerprint density at radius 1 is 1.03 bits per heavy atom. The Morgan fingerprint density at radius 2 is 1.75 bits per heavy atom. The lowest BCUT2D eigenvalue weighted by Crippen LogP contribution is -2.37. The summed E-state index contributed by atoms with van der Waals surface area (Å²) in [5.41, 5.74) is 2.01. The van der Waals surface area contributed by atoms with Gasteiger partial charge in [0.1, 0.15) is 0 Å². The second-order valence-electron chi connectivity index (χ2n) is 7.29. The van der Waals surface area contributed by atoms with Crippen molar-refractivity contribution < 1.29 is 22.7 Å². The Hall–Kier alpha value is -3.07. The van der Waals surface area contributed by atoms with Gasteiger partial charge in [0.25, 0.3) is 0 Å². The number of hydrogen-bond donors (Lipinski definition) is 1. The summed E-state index contributed by atoms with van der Waals surface area (Å²) >= 11 is 6.26. The van der Waals surface area contributed by atoms with Gasteiger partial charge in [0.2, 0.25) is 22.7 Å². The fraction of sp³-hybridized carbons (Fsp3) is 0.174. The number of fused-ring (bicyclic) bond motifs is 1. The molecule has 3 aromatic carbocycles. The van der Waals surface area contributed by atoms with Crippen molar-refractivity contribution in [1.82, 2.24) is 4.31 Å². The van der Waals surface area contributed by atoms with Gasteiger partial charge >= 0.3 is 0 Å². The first-order valence-electron chi connectivity index (χ1n) is 9.83. The minimum Gasteiger partial charge on any atom is -0.454 e. The number of hydrogen-bond acceptors (Lipinski definition) is 5. The summed E-state index contributed by atoms with van der Waals surface area (Å²) in [6, 6.07) is 18.4. The summed E-state index contributed by atoms with van der Waals surface area (Å²) in [6.45, 7) is 1.55. The first kappa shape index (κ1) is 22.1. The van der Waals surface area contributed by atoms with Gasteiger partial charge in [0, 0.05) is 23.3 Å². The summed E-state index contributed by atoms with van der Waals surface area (Å²) in [5, 5.41) is 3.15. The van der Waals surface area contributed by atoms with Crippen molar-refractivity contribution in [2.75, 3.05) is 18.7 Å². The molecular weight excluding hydrogens is 452 g/mol. The molecule has 0 fully saturated rings. The van der Waals surface area contributed by atoms with E-state index in [1.165, 1.54) is 12.1 Å². The summed E-state index contributed by atoms with van der Waals surface area (Å²) < 4.78 is 38.4. The van der Waals surface area contributed by atoms with Crippen LogP contribution < -0.4 is 14.8 Å². The molecular formula is C23H21ClN2O5S. The molecule has 0 atom stereocenters. The molecule has 0 unspecified atom stereocenters. The molecule has 3 aromatic rings. The van der Waals surface area contributed by atoms with Gasteiger partial charge in [-0.25, -0.2) is 8.42 Å². The second kappa shape index (κ2) is 9.20. The van der Waals surface area contributed by atoms with Crippen LogP contribution in [0.25, 0.3) is 0 Å². The van der Waals surface area contributed by atoms with E-state index in [9.17, 15) is 13.2 Å². The summed E-state index contributed by atoms with van der Waals surface area (Å²) in [5.74, 6) is 0.611. The number of sulfonamides is 1. The highest BCUT2D eigenvalue weighted by molar-refractivity contribution is 7.89. The fourth-order valence-electron chi connectivity index (χ4n) is 3.24. The van der Waals surface area contributed by atoms with Crippen LogP contribution in [-0.4, -0.2) is 32.0 Å². The van der Waals surface area contributed by atoms with Gasteiger partial charge in [-0.3, -0.25) is 4.79 Å². The van der Waals surface area contributed by atoms with Gasteiger partial charge in [0.15, 0.2) is 11.5 Å². The van der Waals surface area contributed by atoms with E-state index in [1.54, 1.807) is 54.6 Å². The molecule has 1 aliphatic rings. The SMILES string of the molecule is Cc1ccc(S(=O)(=O)N(CC(=O)Nc2ccc3c(c2)OCO3)Cc2ccccc2Cl)cc1. The third-order valence-electron chi connectivity index (χ3n) is 4.94. The quantitative estimate of drug-likeness (QED) is 0.557. The van der Waals surface area contributed by atoms with Gasteiger partial charge in [-0.15, -0.1) is 0 Å². The maximum Gasteiger partial charge on any atom is 0.243 e. The van der Waals surface area contributed by atoms with Crippen LogP contribution in [0.2, 0.25) is 5.02 Å². The summed E-state index contributed by atoms with van der Waals surface area (Å²) in [6.07, 6.45) is 0. The Balaban J connectivity index is 1.59. The molecule has 1 amide bonds. The minimum absolute atomic E-state index is 0.0511. The molecule has 7 nitrogen and oxygen atoms in total. The van der Waals surface area contributed by atoms with Crippen molar-refractivity contribution in [1.29, 1.82) is 0 Å². The molecule has 0 radical (unpaired) electrons. The van der Waals surface area contributed by atoms with E-state index in [0.29, 0.717) is 27.8 Å². The topological polar surface area (TPSA) is 84.9 Å². The van der Waals surface area contributed by atoms with Crippen molar-refractivity contribution in [3.05, 3.63) is 82.9 Å². The van der Waals surface area contributed by atoms with Crippen molar-refractivity contribution in [2.24, 2.45) is 0 Å². The zero-order valence-electron chi connectivity index (χ0n) is 17.2. The molecule has 0 saturated heterocycles. The second-order valence-corrected chi connectivity index (χ2v) is 9.64. The largest absolute Gasteiger partial charge is 0.454 e. The third kappa shape index (κ3) is 4.88. The van der Waals surface area contributed by atoms with Crippen molar-refractivity contribution in [2.45, 2.75) is 18.4 Å². The van der Waals surface area contributed by atoms with Crippen molar-refractivity contribution in [3.63, 3.8) is 0 Å². The maximum atomic E-state index is 13.4. The molecule has 0 aliphatic carbocycles. The van der Waals surface area contributed by atoms with Crippen LogP contribution in [0.4, 0.5) is 5.69 Å². The lowest BCUT2D eigenvalue weighted by molar-refractivity contribution is -0.116. The smallest absolute Gasteiger partial charge is 0.243 e. The summed E-state index contributed by atoms with van der Waals surface area (Å²) in [4.78, 5) is 12.9. The van der Waals surface area contributed by atoms with Gasteiger partial charge in [-0.1, -0.05) is 47.5 Å². The molecule has 32 heavy (non-hydrogen) atoms. The number of carbonyl (C=O) groups is 1. The highest BCUT2D eigenvalue weighted by atomic mass is 35.5. The van der Waals surface area contributed by atoms with Crippen LogP contribution in [0.3, 0.4) is 0 Å².